The van der Waals surface area contributed by atoms with Crippen molar-refractivity contribution in [3.63, 3.8) is 0 Å². The van der Waals surface area contributed by atoms with Crippen molar-refractivity contribution in [1.82, 2.24) is 0 Å². The van der Waals surface area contributed by atoms with Crippen molar-refractivity contribution in [3.8, 4) is 0 Å². The van der Waals surface area contributed by atoms with Gasteiger partial charge in [-0.15, -0.1) is 0 Å². The first kappa shape index (κ1) is 26.1. The van der Waals surface area contributed by atoms with Gasteiger partial charge in [0.1, 0.15) is 0 Å². The van der Waals surface area contributed by atoms with Crippen molar-refractivity contribution in [2.75, 3.05) is 0 Å². The Bertz CT molecular complexity index is 253. The Morgan fingerprint density at radius 2 is 1.06 bits per heavy atom. The van der Waals surface area contributed by atoms with E-state index in [2.05, 4.69) is 36.5 Å². The molecule has 0 saturated carbocycles. The first-order chi connectivity index (χ1) is 5.45. The number of hydrogen-bond acceptors (Lipinski definition) is 0. The number of hydrogen-bond donors (Lipinski definition) is 0. The van der Waals surface area contributed by atoms with Crippen molar-refractivity contribution < 1.29 is 19.2 Å². The molecule has 0 atom stereocenters. The van der Waals surface area contributed by atoms with Gasteiger partial charge in [-0.25, -0.2) is 0 Å². The van der Waals surface area contributed by atoms with Gasteiger partial charge in [-0.1, -0.05) is 0 Å². The molecule has 0 saturated heterocycles. The fraction of sp³-hybridized carbons (Fsp3) is 0.200. The Kier molecular flexibility index (Phi) is 23.6. The molecule has 2 rings (SSSR count). The van der Waals surface area contributed by atoms with E-state index in [9.17, 15) is 0 Å². The molecule has 0 aromatic rings. The average molecular weight is 348 g/mol. The van der Waals surface area contributed by atoms with Crippen LogP contribution in [0.4, 0.5) is 0 Å². The van der Waals surface area contributed by atoms with Gasteiger partial charge in [0, 0.05) is 0 Å². The standard InChI is InChI=1S/2C5H5.5H2S.Ti/c2*1-2-4-5-3-1;;;;;;/h2*1-3H,4H2;5*1H2;. The minimum Gasteiger partial charge on any atom is -0.197 e. The van der Waals surface area contributed by atoms with Gasteiger partial charge < -0.3 is 0 Å². The molecular weight excluding hydrogens is 328 g/mol. The Morgan fingerprint density at radius 3 is 1.31 bits per heavy atom. The van der Waals surface area contributed by atoms with Crippen LogP contribution < -0.4 is 0 Å². The average Bonchev–Trinajstić information content (AvgIpc) is 2.60. The van der Waals surface area contributed by atoms with E-state index >= 15 is 0 Å². The second kappa shape index (κ2) is 14.5. The molecule has 16 heavy (non-hydrogen) atoms. The van der Waals surface area contributed by atoms with E-state index in [0.29, 0.717) is 0 Å². The Hall–Kier alpha value is 1.42. The van der Waals surface area contributed by atoms with Crippen LogP contribution in [0.2, 0.25) is 0 Å². The molecule has 0 heterocycles. The normalized spacial score (nSPS) is 14.0. The fourth-order valence-corrected chi connectivity index (χ4v) is 3.18. The van der Waals surface area contributed by atoms with E-state index in [1.807, 2.05) is 0 Å². The summed E-state index contributed by atoms with van der Waals surface area (Å²) in [5.74, 6) is 0. The summed E-state index contributed by atoms with van der Waals surface area (Å²) in [5, 5.41) is 0. The van der Waals surface area contributed by atoms with Crippen LogP contribution in [0, 0.1) is 0 Å². The third-order valence-corrected chi connectivity index (χ3v) is 4.02. The van der Waals surface area contributed by atoms with Crippen molar-refractivity contribution >= 4 is 67.5 Å². The van der Waals surface area contributed by atoms with E-state index in [1.54, 1.807) is 7.76 Å². The van der Waals surface area contributed by atoms with Crippen LogP contribution in [0.3, 0.4) is 0 Å². The van der Waals surface area contributed by atoms with Gasteiger partial charge in [0.15, 0.2) is 0 Å². The largest absolute Gasteiger partial charge is 0.197 e. The Balaban J connectivity index is -0.000000144. The monoisotopic (exact) mass is 348 g/mol. The van der Waals surface area contributed by atoms with Gasteiger partial charge in [0.05, 0.1) is 0 Å². The van der Waals surface area contributed by atoms with Crippen molar-refractivity contribution in [2.24, 2.45) is 0 Å². The van der Waals surface area contributed by atoms with Gasteiger partial charge in [-0.3, -0.25) is 0 Å². The molecule has 0 amide bonds. The Labute approximate surface area is 142 Å². The molecule has 2 aliphatic carbocycles. The van der Waals surface area contributed by atoms with Crippen LogP contribution in [0.25, 0.3) is 0 Å². The fourth-order valence-electron chi connectivity index (χ4n) is 1.29. The number of rotatable bonds is 2. The van der Waals surface area contributed by atoms with E-state index in [-0.39, 0.29) is 86.6 Å². The molecule has 0 aliphatic heterocycles. The maximum atomic E-state index is 2.29. The van der Waals surface area contributed by atoms with E-state index in [1.165, 1.54) is 12.8 Å². The first-order valence-electron chi connectivity index (χ1n) is 3.93. The van der Waals surface area contributed by atoms with Crippen LogP contribution >= 0.6 is 67.5 Å². The molecule has 0 aromatic carbocycles. The van der Waals surface area contributed by atoms with E-state index in [0.717, 1.165) is 0 Å². The maximum absolute atomic E-state index is 2.29. The zero-order valence-electron chi connectivity index (χ0n) is 8.88. The van der Waals surface area contributed by atoms with Crippen LogP contribution in [0.5, 0.6) is 0 Å². The van der Waals surface area contributed by atoms with Crippen LogP contribution in [0.15, 0.2) is 44.2 Å². The molecule has 0 spiro atoms. The molecule has 0 bridgehead atoms. The molecule has 0 unspecified atom stereocenters. The molecule has 0 aromatic heterocycles. The number of allylic oxidation sites excluding steroid dienone is 8. The van der Waals surface area contributed by atoms with Crippen molar-refractivity contribution in [1.29, 1.82) is 0 Å². The third-order valence-electron chi connectivity index (χ3n) is 1.86. The Morgan fingerprint density at radius 1 is 0.688 bits per heavy atom. The second-order valence-corrected chi connectivity index (χ2v) is 5.17. The summed E-state index contributed by atoms with van der Waals surface area (Å²) >= 11 is 0.0833. The predicted octanol–water partition coefficient (Wildman–Crippen LogP) is 3.32. The topological polar surface area (TPSA) is 0 Å². The summed E-state index contributed by atoms with van der Waals surface area (Å²) in [6.45, 7) is 0. The smallest absolute Gasteiger partial charge is 0.197 e. The zero-order valence-corrected chi connectivity index (χ0v) is 15.4. The summed E-state index contributed by atoms with van der Waals surface area (Å²) in [6.07, 6.45) is 15.9. The van der Waals surface area contributed by atoms with Crippen LogP contribution in [-0.2, 0) is 19.2 Å². The zero-order chi connectivity index (χ0) is 7.52. The van der Waals surface area contributed by atoms with E-state index < -0.39 is 0 Å². The maximum Gasteiger partial charge on any atom is -0.197 e. The molecular formula is C10H20S5Ti. The quantitative estimate of drug-likeness (QED) is 0.672. The van der Waals surface area contributed by atoms with Crippen LogP contribution in [-0.4, -0.2) is 0 Å². The summed E-state index contributed by atoms with van der Waals surface area (Å²) in [4.78, 5) is 0. The second-order valence-electron chi connectivity index (χ2n) is 2.77. The van der Waals surface area contributed by atoms with Gasteiger partial charge in [-0.05, 0) is 0 Å². The van der Waals surface area contributed by atoms with Gasteiger partial charge in [0.25, 0.3) is 0 Å². The first-order valence-corrected chi connectivity index (χ1v) is 5.50. The van der Waals surface area contributed by atoms with Gasteiger partial charge in [0.2, 0.25) is 0 Å². The molecule has 0 N–H and O–H groups in total. The molecule has 2 aliphatic rings. The summed E-state index contributed by atoms with van der Waals surface area (Å²) < 4.78 is 3.36. The SMILES string of the molecule is C1=CC[C]([Ti][C]2=CC=CC2)=C1.S.S.S.S.S. The predicted molar refractivity (Wildman–Crippen MR) is 95.6 cm³/mol. The summed E-state index contributed by atoms with van der Waals surface area (Å²) in [6, 6.07) is 0. The minimum absolute atomic E-state index is 0. The van der Waals surface area contributed by atoms with Crippen LogP contribution in [0.1, 0.15) is 12.8 Å². The summed E-state index contributed by atoms with van der Waals surface area (Å²) in [7, 11) is 0. The van der Waals surface area contributed by atoms with Crippen molar-refractivity contribution in [2.45, 2.75) is 12.8 Å². The molecule has 94 valence electrons. The molecule has 0 fully saturated rings. The van der Waals surface area contributed by atoms with Crippen molar-refractivity contribution in [3.05, 3.63) is 44.2 Å². The van der Waals surface area contributed by atoms with E-state index in [4.69, 9.17) is 0 Å². The summed E-state index contributed by atoms with van der Waals surface area (Å²) in [5.41, 5.74) is 0. The molecule has 6 heteroatoms. The van der Waals surface area contributed by atoms with Gasteiger partial charge >= 0.3 is 76.2 Å². The minimum atomic E-state index is 0. The molecule has 0 radical (unpaired) electrons. The third kappa shape index (κ3) is 8.51. The van der Waals surface area contributed by atoms with Gasteiger partial charge in [-0.2, -0.15) is 67.5 Å². The molecule has 0 nitrogen and oxygen atoms in total.